The molecule has 4 heteroatoms. The molecule has 1 rings (SSSR count). The lowest BCUT2D eigenvalue weighted by Gasteiger charge is -1.87. The van der Waals surface area contributed by atoms with Gasteiger partial charge in [-0.25, -0.2) is 0 Å². The first-order valence-electron chi connectivity index (χ1n) is 2.97. The number of H-pyrrole nitrogens is 1. The van der Waals surface area contributed by atoms with Gasteiger partial charge in [0.25, 0.3) is 0 Å². The summed E-state index contributed by atoms with van der Waals surface area (Å²) in [6.07, 6.45) is 1.60. The maximum atomic E-state index is 10.4. The summed E-state index contributed by atoms with van der Waals surface area (Å²) in [5.74, 6) is 0. The minimum absolute atomic E-state index is 0.597. The third kappa shape index (κ3) is 1.11. The van der Waals surface area contributed by atoms with Crippen LogP contribution in [0.2, 0.25) is 0 Å². The van der Waals surface area contributed by atoms with Crippen LogP contribution in [0, 0.1) is 0 Å². The van der Waals surface area contributed by atoms with Gasteiger partial charge in [0, 0.05) is 5.69 Å². The van der Waals surface area contributed by atoms with E-state index in [4.69, 9.17) is 0 Å². The molecule has 1 N–H and O–H groups in total. The van der Waals surface area contributed by atoms with Crippen LogP contribution < -0.4 is 0 Å². The molecule has 0 bridgehead atoms. The van der Waals surface area contributed by atoms with E-state index >= 15 is 0 Å². The summed E-state index contributed by atoms with van der Waals surface area (Å²) in [6.45, 7) is 1.97. The molecule has 10 heavy (non-hydrogen) atoms. The first-order valence-corrected chi connectivity index (χ1v) is 3.76. The molecule has 0 radical (unpaired) electrons. The molecule has 0 fully saturated rings. The summed E-state index contributed by atoms with van der Waals surface area (Å²) in [5, 5.41) is 6.57. The van der Waals surface area contributed by atoms with Gasteiger partial charge >= 0.3 is 0 Å². The average molecular weight is 203 g/mol. The van der Waals surface area contributed by atoms with E-state index in [1.807, 2.05) is 6.92 Å². The van der Waals surface area contributed by atoms with Crippen LogP contribution in [-0.4, -0.2) is 16.5 Å². The highest BCUT2D eigenvalue weighted by molar-refractivity contribution is 9.10. The molecule has 0 aliphatic heterocycles. The van der Waals surface area contributed by atoms with E-state index in [-0.39, 0.29) is 0 Å². The summed E-state index contributed by atoms with van der Waals surface area (Å²) >= 11 is 3.14. The van der Waals surface area contributed by atoms with Crippen molar-refractivity contribution in [3.8, 4) is 0 Å². The van der Waals surface area contributed by atoms with Gasteiger partial charge in [0.05, 0.1) is 5.56 Å². The number of hydrogen-bond acceptors (Lipinski definition) is 2. The predicted octanol–water partition coefficient (Wildman–Crippen LogP) is 1.55. The Balaban J connectivity index is 3.12. The second-order valence-electron chi connectivity index (χ2n) is 1.88. The summed E-state index contributed by atoms with van der Waals surface area (Å²) in [6, 6.07) is 0. The van der Waals surface area contributed by atoms with Crippen LogP contribution in [0.25, 0.3) is 0 Å². The van der Waals surface area contributed by atoms with Gasteiger partial charge in [0.1, 0.15) is 4.60 Å². The van der Waals surface area contributed by atoms with Crippen molar-refractivity contribution < 1.29 is 4.79 Å². The quantitative estimate of drug-likeness (QED) is 0.741. The fraction of sp³-hybridized carbons (Fsp3) is 0.333. The van der Waals surface area contributed by atoms with Crippen molar-refractivity contribution in [2.75, 3.05) is 0 Å². The number of halogens is 1. The van der Waals surface area contributed by atoms with Gasteiger partial charge in [-0.1, -0.05) is 6.92 Å². The first kappa shape index (κ1) is 7.47. The van der Waals surface area contributed by atoms with Gasteiger partial charge in [0.2, 0.25) is 0 Å². The highest BCUT2D eigenvalue weighted by atomic mass is 79.9. The molecule has 54 valence electrons. The zero-order valence-electron chi connectivity index (χ0n) is 5.52. The molecular formula is C6H7BrN2O. The molecule has 0 aliphatic rings. The molecule has 0 saturated carbocycles. The van der Waals surface area contributed by atoms with Crippen LogP contribution in [0.3, 0.4) is 0 Å². The van der Waals surface area contributed by atoms with E-state index in [0.717, 1.165) is 18.4 Å². The molecule has 0 spiro atoms. The molecule has 1 heterocycles. The Labute approximate surface area is 67.0 Å². The van der Waals surface area contributed by atoms with Crippen molar-refractivity contribution in [2.45, 2.75) is 13.3 Å². The molecule has 0 aromatic carbocycles. The van der Waals surface area contributed by atoms with E-state index in [1.54, 1.807) is 0 Å². The number of aldehydes is 1. The smallest absolute Gasteiger partial charge is 0.154 e. The topological polar surface area (TPSA) is 45.8 Å². The Kier molecular flexibility index (Phi) is 2.21. The summed E-state index contributed by atoms with van der Waals surface area (Å²) < 4.78 is 0.597. The lowest BCUT2D eigenvalue weighted by molar-refractivity contribution is 0.112. The highest BCUT2D eigenvalue weighted by Gasteiger charge is 2.06. The van der Waals surface area contributed by atoms with Crippen LogP contribution in [0.15, 0.2) is 4.60 Å². The summed E-state index contributed by atoms with van der Waals surface area (Å²) in [5.41, 5.74) is 1.50. The van der Waals surface area contributed by atoms with Gasteiger partial charge in [-0.05, 0) is 22.4 Å². The fourth-order valence-corrected chi connectivity index (χ4v) is 1.17. The van der Waals surface area contributed by atoms with Crippen LogP contribution in [0.1, 0.15) is 23.0 Å². The monoisotopic (exact) mass is 202 g/mol. The van der Waals surface area contributed by atoms with E-state index in [9.17, 15) is 4.79 Å². The number of hydrogen-bond donors (Lipinski definition) is 1. The standard InChI is InChI=1S/C6H7BrN2O/c1-2-5-4(3-10)6(7)9-8-5/h3H,2H2,1H3,(H,8,9). The van der Waals surface area contributed by atoms with Crippen molar-refractivity contribution in [3.05, 3.63) is 15.9 Å². The van der Waals surface area contributed by atoms with E-state index < -0.39 is 0 Å². The molecule has 1 aromatic rings. The van der Waals surface area contributed by atoms with Gasteiger partial charge in [-0.15, -0.1) is 0 Å². The van der Waals surface area contributed by atoms with Crippen molar-refractivity contribution in [1.82, 2.24) is 10.2 Å². The Morgan fingerprint density at radius 3 is 2.90 bits per heavy atom. The van der Waals surface area contributed by atoms with Crippen molar-refractivity contribution in [2.24, 2.45) is 0 Å². The second kappa shape index (κ2) is 2.96. The number of carbonyl (C=O) groups is 1. The minimum atomic E-state index is 0.597. The Hall–Kier alpha value is -0.640. The predicted molar refractivity (Wildman–Crippen MR) is 41.1 cm³/mol. The summed E-state index contributed by atoms with van der Waals surface area (Å²) in [7, 11) is 0. The normalized spacial score (nSPS) is 9.80. The molecule has 0 atom stereocenters. The number of nitrogens with one attached hydrogen (secondary N) is 1. The van der Waals surface area contributed by atoms with Gasteiger partial charge < -0.3 is 0 Å². The number of nitrogens with zero attached hydrogens (tertiary/aromatic N) is 1. The third-order valence-corrected chi connectivity index (χ3v) is 1.91. The van der Waals surface area contributed by atoms with Crippen molar-refractivity contribution >= 4 is 22.2 Å². The van der Waals surface area contributed by atoms with E-state index in [1.165, 1.54) is 0 Å². The highest BCUT2D eigenvalue weighted by Crippen LogP contribution is 2.14. The van der Waals surface area contributed by atoms with Crippen LogP contribution >= 0.6 is 15.9 Å². The minimum Gasteiger partial charge on any atom is -0.298 e. The first-order chi connectivity index (χ1) is 4.79. The third-order valence-electron chi connectivity index (χ3n) is 1.31. The largest absolute Gasteiger partial charge is 0.298 e. The lowest BCUT2D eigenvalue weighted by atomic mass is 10.2. The molecular weight excluding hydrogens is 196 g/mol. The molecule has 1 aromatic heterocycles. The molecule has 0 amide bonds. The number of rotatable bonds is 2. The zero-order valence-corrected chi connectivity index (χ0v) is 7.10. The maximum Gasteiger partial charge on any atom is 0.154 e. The number of aromatic nitrogens is 2. The van der Waals surface area contributed by atoms with Crippen LogP contribution in [0.5, 0.6) is 0 Å². The number of carbonyl (C=O) groups excluding carboxylic acids is 1. The van der Waals surface area contributed by atoms with E-state index in [0.29, 0.717) is 10.2 Å². The Morgan fingerprint density at radius 2 is 2.50 bits per heavy atom. The maximum absolute atomic E-state index is 10.4. The van der Waals surface area contributed by atoms with Crippen LogP contribution in [0.4, 0.5) is 0 Å². The SMILES string of the molecule is CCc1[nH]nc(Br)c1C=O. The number of aryl methyl sites for hydroxylation is 1. The average Bonchev–Trinajstić information content (AvgIpc) is 2.30. The van der Waals surface area contributed by atoms with Crippen LogP contribution in [-0.2, 0) is 6.42 Å². The molecule has 0 unspecified atom stereocenters. The molecule has 0 aliphatic carbocycles. The second-order valence-corrected chi connectivity index (χ2v) is 2.63. The summed E-state index contributed by atoms with van der Waals surface area (Å²) in [4.78, 5) is 10.4. The van der Waals surface area contributed by atoms with Gasteiger partial charge in [-0.2, -0.15) is 5.10 Å². The molecule has 0 saturated heterocycles. The Bertz CT molecular complexity index is 244. The lowest BCUT2D eigenvalue weighted by Crippen LogP contribution is -1.86. The zero-order chi connectivity index (χ0) is 7.56. The van der Waals surface area contributed by atoms with Crippen molar-refractivity contribution in [3.63, 3.8) is 0 Å². The van der Waals surface area contributed by atoms with E-state index in [2.05, 4.69) is 26.1 Å². The Morgan fingerprint density at radius 1 is 1.80 bits per heavy atom. The molecule has 3 nitrogen and oxygen atoms in total. The number of aromatic amines is 1. The van der Waals surface area contributed by atoms with Crippen molar-refractivity contribution in [1.29, 1.82) is 0 Å². The fourth-order valence-electron chi connectivity index (χ4n) is 0.751. The van der Waals surface area contributed by atoms with Gasteiger partial charge in [-0.3, -0.25) is 9.89 Å². The van der Waals surface area contributed by atoms with Gasteiger partial charge in [0.15, 0.2) is 6.29 Å².